The zero-order chi connectivity index (χ0) is 18.4. The number of carbonyl (C=O) groups is 2. The second-order valence-corrected chi connectivity index (χ2v) is 6.52. The number of nitrogens with zero attached hydrogens (tertiary/aromatic N) is 2. The van der Waals surface area contributed by atoms with E-state index in [1.54, 1.807) is 10.8 Å². The van der Waals surface area contributed by atoms with Crippen molar-refractivity contribution in [1.29, 1.82) is 0 Å². The van der Waals surface area contributed by atoms with Gasteiger partial charge in [0.1, 0.15) is 0 Å². The SMILES string of the molecule is CCC(=O)n1c(-c2ccccc2)cnc1SCC(=O)Nc1ccccc1. The van der Waals surface area contributed by atoms with Crippen molar-refractivity contribution in [2.45, 2.75) is 18.5 Å². The van der Waals surface area contributed by atoms with Crippen molar-refractivity contribution in [3.05, 3.63) is 66.9 Å². The standard InChI is InChI=1S/C20H19N3O2S/c1-2-19(25)23-17(15-9-5-3-6-10-15)13-21-20(23)26-14-18(24)22-16-11-7-4-8-12-16/h3-13H,2,14H2,1H3,(H,22,24). The Morgan fingerprint density at radius 1 is 1.04 bits per heavy atom. The van der Waals surface area contributed by atoms with Crippen LogP contribution in [0.4, 0.5) is 5.69 Å². The van der Waals surface area contributed by atoms with Gasteiger partial charge in [0.15, 0.2) is 5.16 Å². The fourth-order valence-corrected chi connectivity index (χ4v) is 3.29. The lowest BCUT2D eigenvalue weighted by atomic mass is 10.2. The van der Waals surface area contributed by atoms with Crippen LogP contribution in [0.3, 0.4) is 0 Å². The molecular weight excluding hydrogens is 346 g/mol. The average Bonchev–Trinajstić information content (AvgIpc) is 3.11. The van der Waals surface area contributed by atoms with Crippen LogP contribution in [0.1, 0.15) is 18.1 Å². The van der Waals surface area contributed by atoms with Crippen molar-refractivity contribution in [1.82, 2.24) is 9.55 Å². The number of carbonyl (C=O) groups excluding carboxylic acids is 2. The number of hydrogen-bond acceptors (Lipinski definition) is 4. The molecule has 0 saturated carbocycles. The smallest absolute Gasteiger partial charge is 0.234 e. The third-order valence-corrected chi connectivity index (χ3v) is 4.69. The van der Waals surface area contributed by atoms with Crippen molar-refractivity contribution in [2.24, 2.45) is 0 Å². The number of aromatic nitrogens is 2. The van der Waals surface area contributed by atoms with Gasteiger partial charge < -0.3 is 5.32 Å². The van der Waals surface area contributed by atoms with E-state index in [4.69, 9.17) is 0 Å². The lowest BCUT2D eigenvalue weighted by Crippen LogP contribution is -2.16. The monoisotopic (exact) mass is 365 g/mol. The number of rotatable bonds is 6. The number of para-hydroxylation sites is 1. The summed E-state index contributed by atoms with van der Waals surface area (Å²) in [6, 6.07) is 18.9. The third kappa shape index (κ3) is 4.21. The molecule has 3 rings (SSSR count). The molecule has 0 aliphatic rings. The predicted molar refractivity (Wildman–Crippen MR) is 104 cm³/mol. The van der Waals surface area contributed by atoms with Gasteiger partial charge in [0, 0.05) is 17.7 Å². The molecule has 0 bridgehead atoms. The van der Waals surface area contributed by atoms with Gasteiger partial charge >= 0.3 is 0 Å². The molecule has 26 heavy (non-hydrogen) atoms. The van der Waals surface area contributed by atoms with Gasteiger partial charge in [-0.05, 0) is 12.1 Å². The van der Waals surface area contributed by atoms with E-state index in [1.807, 2.05) is 67.6 Å². The zero-order valence-corrected chi connectivity index (χ0v) is 15.2. The maximum absolute atomic E-state index is 12.4. The average molecular weight is 365 g/mol. The van der Waals surface area contributed by atoms with Gasteiger partial charge in [0.2, 0.25) is 11.8 Å². The van der Waals surface area contributed by atoms with Gasteiger partial charge in [-0.3, -0.25) is 14.2 Å². The highest BCUT2D eigenvalue weighted by Crippen LogP contribution is 2.26. The Labute approximate surface area is 156 Å². The first-order valence-electron chi connectivity index (χ1n) is 8.33. The van der Waals surface area contributed by atoms with Crippen LogP contribution in [-0.4, -0.2) is 27.1 Å². The fraction of sp³-hybridized carbons (Fsp3) is 0.150. The first-order chi connectivity index (χ1) is 12.7. The summed E-state index contributed by atoms with van der Waals surface area (Å²) in [5.41, 5.74) is 2.40. The molecule has 132 valence electrons. The lowest BCUT2D eigenvalue weighted by molar-refractivity contribution is -0.113. The predicted octanol–water partition coefficient (Wildman–Crippen LogP) is 4.33. The summed E-state index contributed by atoms with van der Waals surface area (Å²) in [6.07, 6.45) is 2.04. The van der Waals surface area contributed by atoms with Gasteiger partial charge in [-0.15, -0.1) is 0 Å². The Hall–Kier alpha value is -2.86. The van der Waals surface area contributed by atoms with Gasteiger partial charge in [-0.1, -0.05) is 67.2 Å². The topological polar surface area (TPSA) is 64.0 Å². The summed E-state index contributed by atoms with van der Waals surface area (Å²) in [5, 5.41) is 3.36. The molecule has 1 aromatic heterocycles. The summed E-state index contributed by atoms with van der Waals surface area (Å²) in [7, 11) is 0. The Kier molecular flexibility index (Phi) is 5.86. The minimum atomic E-state index is -0.138. The zero-order valence-electron chi connectivity index (χ0n) is 14.4. The summed E-state index contributed by atoms with van der Waals surface area (Å²) in [6.45, 7) is 1.81. The molecule has 2 aromatic carbocycles. The van der Waals surface area contributed by atoms with E-state index in [9.17, 15) is 9.59 Å². The van der Waals surface area contributed by atoms with E-state index >= 15 is 0 Å². The van der Waals surface area contributed by atoms with Gasteiger partial charge in [0.25, 0.3) is 0 Å². The lowest BCUT2D eigenvalue weighted by Gasteiger charge is -2.09. The summed E-state index contributed by atoms with van der Waals surface area (Å²) < 4.78 is 1.59. The Morgan fingerprint density at radius 3 is 2.35 bits per heavy atom. The molecule has 0 aliphatic heterocycles. The molecule has 1 N–H and O–H groups in total. The highest BCUT2D eigenvalue weighted by Gasteiger charge is 2.18. The van der Waals surface area contributed by atoms with E-state index in [0.717, 1.165) is 16.9 Å². The minimum absolute atomic E-state index is 0.0488. The summed E-state index contributed by atoms with van der Waals surface area (Å²) in [5.74, 6) is -0.00907. The highest BCUT2D eigenvalue weighted by molar-refractivity contribution is 7.99. The minimum Gasteiger partial charge on any atom is -0.325 e. The van der Waals surface area contributed by atoms with Crippen LogP contribution < -0.4 is 5.32 Å². The quantitative estimate of drug-likeness (QED) is 0.660. The maximum Gasteiger partial charge on any atom is 0.234 e. The summed E-state index contributed by atoms with van der Waals surface area (Å²) >= 11 is 1.25. The Balaban J connectivity index is 1.76. The number of hydrogen-bond donors (Lipinski definition) is 1. The van der Waals surface area contributed by atoms with Crippen molar-refractivity contribution in [2.75, 3.05) is 11.1 Å². The molecule has 0 spiro atoms. The largest absolute Gasteiger partial charge is 0.325 e. The van der Waals surface area contributed by atoms with E-state index in [2.05, 4.69) is 10.3 Å². The molecule has 0 saturated heterocycles. The molecular formula is C20H19N3O2S. The number of benzene rings is 2. The van der Waals surface area contributed by atoms with Crippen molar-refractivity contribution in [3.63, 3.8) is 0 Å². The Morgan fingerprint density at radius 2 is 1.69 bits per heavy atom. The van der Waals surface area contributed by atoms with Gasteiger partial charge in [0.05, 0.1) is 17.6 Å². The van der Waals surface area contributed by atoms with Crippen molar-refractivity contribution in [3.8, 4) is 11.3 Å². The van der Waals surface area contributed by atoms with Crippen LogP contribution in [0, 0.1) is 0 Å². The Bertz CT molecular complexity index is 892. The molecule has 5 nitrogen and oxygen atoms in total. The normalized spacial score (nSPS) is 10.5. The number of nitrogens with one attached hydrogen (secondary N) is 1. The molecule has 1 amide bonds. The first kappa shape index (κ1) is 17.9. The van der Waals surface area contributed by atoms with Crippen molar-refractivity contribution >= 4 is 29.3 Å². The highest BCUT2D eigenvalue weighted by atomic mass is 32.2. The molecule has 0 fully saturated rings. The summed E-state index contributed by atoms with van der Waals surface area (Å²) in [4.78, 5) is 29.0. The van der Waals surface area contributed by atoms with E-state index in [-0.39, 0.29) is 17.6 Å². The van der Waals surface area contributed by atoms with Gasteiger partial charge in [-0.25, -0.2) is 4.98 Å². The van der Waals surface area contributed by atoms with Crippen LogP contribution in [0.25, 0.3) is 11.3 Å². The second kappa shape index (κ2) is 8.49. The van der Waals surface area contributed by atoms with E-state index in [0.29, 0.717) is 11.6 Å². The van der Waals surface area contributed by atoms with Crippen molar-refractivity contribution < 1.29 is 9.59 Å². The second-order valence-electron chi connectivity index (χ2n) is 5.58. The van der Waals surface area contributed by atoms with Crippen LogP contribution in [0.2, 0.25) is 0 Å². The van der Waals surface area contributed by atoms with Crippen LogP contribution >= 0.6 is 11.8 Å². The number of anilines is 1. The fourth-order valence-electron chi connectivity index (χ4n) is 2.50. The molecule has 0 atom stereocenters. The molecule has 0 unspecified atom stereocenters. The molecule has 1 heterocycles. The molecule has 0 radical (unpaired) electrons. The molecule has 3 aromatic rings. The molecule has 6 heteroatoms. The maximum atomic E-state index is 12.4. The van der Waals surface area contributed by atoms with Gasteiger partial charge in [-0.2, -0.15) is 0 Å². The van der Waals surface area contributed by atoms with E-state index < -0.39 is 0 Å². The van der Waals surface area contributed by atoms with Crippen LogP contribution in [0.15, 0.2) is 72.0 Å². The number of amides is 1. The molecule has 0 aliphatic carbocycles. The van der Waals surface area contributed by atoms with E-state index in [1.165, 1.54) is 11.8 Å². The number of thioether (sulfide) groups is 1. The van der Waals surface area contributed by atoms with Crippen LogP contribution in [-0.2, 0) is 4.79 Å². The number of imidazole rings is 1. The third-order valence-electron chi connectivity index (χ3n) is 3.74. The van der Waals surface area contributed by atoms with Crippen LogP contribution in [0.5, 0.6) is 0 Å². The first-order valence-corrected chi connectivity index (χ1v) is 9.31.